The molecule has 0 saturated heterocycles. The molecule has 1 N–H and O–H groups in total. The molecule has 0 rings (SSSR count). The van der Waals surface area contributed by atoms with Crippen LogP contribution in [0.5, 0.6) is 0 Å². The van der Waals surface area contributed by atoms with Gasteiger partial charge in [0, 0.05) is 0 Å². The van der Waals surface area contributed by atoms with Gasteiger partial charge in [-0.25, -0.2) is 8.78 Å². The number of halogens is 2. The Balaban J connectivity index is 3.12. The highest BCUT2D eigenvalue weighted by Gasteiger charge is 2.03. The number of esters is 1. The summed E-state index contributed by atoms with van der Waals surface area (Å²) >= 11 is 0. The molecule has 60 valence electrons. The van der Waals surface area contributed by atoms with Gasteiger partial charge in [0.1, 0.15) is 0 Å². The molecule has 0 aromatic rings. The smallest absolute Gasteiger partial charge is 0.319 e. The van der Waals surface area contributed by atoms with Gasteiger partial charge in [-0.15, -0.1) is 0 Å². The van der Waals surface area contributed by atoms with Crippen molar-refractivity contribution in [2.75, 3.05) is 20.2 Å². The lowest BCUT2D eigenvalue weighted by Crippen LogP contribution is -2.28. The predicted octanol–water partition coefficient (Wildman–Crippen LogP) is 0.0141. The predicted molar refractivity (Wildman–Crippen MR) is 30.9 cm³/mol. The molecule has 0 fully saturated rings. The standard InChI is InChI=1S/C5H9F2NO2/c1-10-5(9)3-8-2-4(6)7/h4,8H,2-3H2,1H3. The van der Waals surface area contributed by atoms with Gasteiger partial charge in [-0.3, -0.25) is 4.79 Å². The van der Waals surface area contributed by atoms with E-state index in [1.165, 1.54) is 7.11 Å². The van der Waals surface area contributed by atoms with Gasteiger partial charge in [-0.2, -0.15) is 0 Å². The minimum atomic E-state index is -2.43. The third-order valence-electron chi connectivity index (χ3n) is 0.796. The van der Waals surface area contributed by atoms with E-state index in [0.717, 1.165) is 0 Å². The molecular weight excluding hydrogens is 144 g/mol. The van der Waals surface area contributed by atoms with Gasteiger partial charge >= 0.3 is 5.97 Å². The highest BCUT2D eigenvalue weighted by molar-refractivity contribution is 5.71. The van der Waals surface area contributed by atoms with E-state index < -0.39 is 18.9 Å². The van der Waals surface area contributed by atoms with Crippen molar-refractivity contribution in [3.8, 4) is 0 Å². The van der Waals surface area contributed by atoms with Crippen LogP contribution in [0, 0.1) is 0 Å². The zero-order valence-corrected chi connectivity index (χ0v) is 5.56. The number of nitrogens with one attached hydrogen (secondary N) is 1. The molecule has 0 saturated carbocycles. The average Bonchev–Trinajstić information content (AvgIpc) is 1.87. The fourth-order valence-corrected chi connectivity index (χ4v) is 0.356. The third kappa shape index (κ3) is 5.43. The van der Waals surface area contributed by atoms with Gasteiger partial charge in [0.15, 0.2) is 0 Å². The number of carbonyl (C=O) groups excluding carboxylic acids is 1. The normalized spacial score (nSPS) is 10.0. The highest BCUT2D eigenvalue weighted by atomic mass is 19.3. The number of hydrogen-bond donors (Lipinski definition) is 1. The number of alkyl halides is 2. The molecule has 0 radical (unpaired) electrons. The summed E-state index contributed by atoms with van der Waals surface area (Å²) in [5, 5.41) is 2.21. The summed E-state index contributed by atoms with van der Waals surface area (Å²) in [6.07, 6.45) is -2.43. The SMILES string of the molecule is COC(=O)CNCC(F)F. The molecule has 0 unspecified atom stereocenters. The van der Waals surface area contributed by atoms with Crippen LogP contribution in [0.15, 0.2) is 0 Å². The Kier molecular flexibility index (Phi) is 4.74. The van der Waals surface area contributed by atoms with Crippen molar-refractivity contribution in [3.63, 3.8) is 0 Å². The first kappa shape index (κ1) is 9.29. The quantitative estimate of drug-likeness (QED) is 0.578. The molecule has 0 spiro atoms. The first-order valence-electron chi connectivity index (χ1n) is 2.72. The molecule has 0 atom stereocenters. The van der Waals surface area contributed by atoms with E-state index >= 15 is 0 Å². The first-order valence-corrected chi connectivity index (χ1v) is 2.72. The van der Waals surface area contributed by atoms with Gasteiger partial charge in [0.25, 0.3) is 6.43 Å². The molecule has 5 heteroatoms. The molecule has 0 aliphatic carbocycles. The average molecular weight is 153 g/mol. The second-order valence-corrected chi connectivity index (χ2v) is 1.60. The minimum absolute atomic E-state index is 0.166. The van der Waals surface area contributed by atoms with Crippen LogP contribution in [0.1, 0.15) is 0 Å². The minimum Gasteiger partial charge on any atom is -0.468 e. The molecule has 0 bridgehead atoms. The van der Waals surface area contributed by atoms with Crippen LogP contribution in [-0.2, 0) is 9.53 Å². The van der Waals surface area contributed by atoms with Crippen LogP contribution in [0.25, 0.3) is 0 Å². The summed E-state index contributed by atoms with van der Waals surface area (Å²) in [4.78, 5) is 10.3. The van der Waals surface area contributed by atoms with Crippen molar-refractivity contribution in [2.24, 2.45) is 0 Å². The first-order chi connectivity index (χ1) is 4.66. The van der Waals surface area contributed by atoms with Crippen LogP contribution in [0.4, 0.5) is 8.78 Å². The Morgan fingerprint density at radius 3 is 2.70 bits per heavy atom. The van der Waals surface area contributed by atoms with Gasteiger partial charge in [-0.05, 0) is 0 Å². The zero-order valence-electron chi connectivity index (χ0n) is 5.56. The fraction of sp³-hybridized carbons (Fsp3) is 0.800. The highest BCUT2D eigenvalue weighted by Crippen LogP contribution is 1.86. The van der Waals surface area contributed by atoms with Crippen molar-refractivity contribution in [1.82, 2.24) is 5.32 Å². The maximum absolute atomic E-state index is 11.4. The topological polar surface area (TPSA) is 38.3 Å². The maximum atomic E-state index is 11.4. The van der Waals surface area contributed by atoms with Crippen LogP contribution in [-0.4, -0.2) is 32.6 Å². The summed E-state index contributed by atoms with van der Waals surface area (Å²) in [5.41, 5.74) is 0. The van der Waals surface area contributed by atoms with E-state index in [4.69, 9.17) is 0 Å². The summed E-state index contributed by atoms with van der Waals surface area (Å²) in [5.74, 6) is -0.541. The lowest BCUT2D eigenvalue weighted by Gasteiger charge is -2.00. The Morgan fingerprint density at radius 1 is 1.70 bits per heavy atom. The molecule has 0 aromatic carbocycles. The number of carbonyl (C=O) groups is 1. The maximum Gasteiger partial charge on any atom is 0.319 e. The van der Waals surface area contributed by atoms with Crippen molar-refractivity contribution in [2.45, 2.75) is 6.43 Å². The lowest BCUT2D eigenvalue weighted by atomic mass is 10.6. The van der Waals surface area contributed by atoms with Gasteiger partial charge < -0.3 is 10.1 Å². The van der Waals surface area contributed by atoms with Gasteiger partial charge in [-0.1, -0.05) is 0 Å². The molecule has 0 aromatic heterocycles. The zero-order chi connectivity index (χ0) is 7.98. The Morgan fingerprint density at radius 2 is 2.30 bits per heavy atom. The molecule has 0 amide bonds. The number of rotatable bonds is 4. The lowest BCUT2D eigenvalue weighted by molar-refractivity contribution is -0.139. The van der Waals surface area contributed by atoms with E-state index in [9.17, 15) is 13.6 Å². The van der Waals surface area contributed by atoms with Gasteiger partial charge in [0.05, 0.1) is 20.2 Å². The van der Waals surface area contributed by atoms with Crippen LogP contribution in [0.2, 0.25) is 0 Å². The molecule has 0 heterocycles. The van der Waals surface area contributed by atoms with E-state index in [0.29, 0.717) is 0 Å². The summed E-state index contributed by atoms with van der Waals surface area (Å²) in [6, 6.07) is 0. The van der Waals surface area contributed by atoms with Crippen LogP contribution < -0.4 is 5.32 Å². The van der Waals surface area contributed by atoms with E-state index in [2.05, 4.69) is 10.1 Å². The van der Waals surface area contributed by atoms with Gasteiger partial charge in [0.2, 0.25) is 0 Å². The summed E-state index contributed by atoms with van der Waals surface area (Å²) in [7, 11) is 1.20. The van der Waals surface area contributed by atoms with Crippen molar-refractivity contribution in [1.29, 1.82) is 0 Å². The largest absolute Gasteiger partial charge is 0.468 e. The summed E-state index contributed by atoms with van der Waals surface area (Å²) in [6.45, 7) is -0.643. The van der Waals surface area contributed by atoms with Crippen molar-refractivity contribution >= 4 is 5.97 Å². The van der Waals surface area contributed by atoms with E-state index in [1.807, 2.05) is 0 Å². The Bertz CT molecular complexity index is 108. The fourth-order valence-electron chi connectivity index (χ4n) is 0.356. The van der Waals surface area contributed by atoms with E-state index in [-0.39, 0.29) is 6.54 Å². The third-order valence-corrected chi connectivity index (χ3v) is 0.796. The van der Waals surface area contributed by atoms with Crippen molar-refractivity contribution < 1.29 is 18.3 Å². The molecule has 0 aliphatic rings. The molecule has 0 aliphatic heterocycles. The number of hydrogen-bond acceptors (Lipinski definition) is 3. The molecule has 10 heavy (non-hydrogen) atoms. The second-order valence-electron chi connectivity index (χ2n) is 1.60. The van der Waals surface area contributed by atoms with Crippen LogP contribution in [0.3, 0.4) is 0 Å². The molecular formula is C5H9F2NO2. The number of ether oxygens (including phenoxy) is 1. The second kappa shape index (κ2) is 5.10. The molecule has 3 nitrogen and oxygen atoms in total. The Labute approximate surface area is 57.4 Å². The summed E-state index contributed by atoms with van der Waals surface area (Å²) < 4.78 is 26.9. The monoisotopic (exact) mass is 153 g/mol. The number of methoxy groups -OCH3 is 1. The Hall–Kier alpha value is -0.710. The van der Waals surface area contributed by atoms with Crippen molar-refractivity contribution in [3.05, 3.63) is 0 Å². The van der Waals surface area contributed by atoms with E-state index in [1.54, 1.807) is 0 Å². The van der Waals surface area contributed by atoms with Crippen LogP contribution >= 0.6 is 0 Å².